The minimum absolute atomic E-state index is 0.164. The van der Waals surface area contributed by atoms with Gasteiger partial charge in [-0.25, -0.2) is 0 Å². The van der Waals surface area contributed by atoms with Crippen LogP contribution in [-0.4, -0.2) is 36.6 Å². The molecule has 1 heterocycles. The third-order valence-electron chi connectivity index (χ3n) is 4.29. The van der Waals surface area contributed by atoms with Gasteiger partial charge in [-0.3, -0.25) is 9.69 Å². The van der Waals surface area contributed by atoms with Crippen molar-refractivity contribution in [1.29, 1.82) is 0 Å². The first kappa shape index (κ1) is 13.4. The number of Topliss-reactive ketones (excluding diaryl/α,β-unsaturated/α-hetero) is 1. The highest BCUT2D eigenvalue weighted by Crippen LogP contribution is 2.32. The van der Waals surface area contributed by atoms with Gasteiger partial charge in [-0.2, -0.15) is 0 Å². The van der Waals surface area contributed by atoms with Crippen LogP contribution in [0, 0.1) is 0 Å². The first-order chi connectivity index (χ1) is 9.78. The Balaban J connectivity index is 1.68. The summed E-state index contributed by atoms with van der Waals surface area (Å²) in [6, 6.07) is 6.03. The maximum Gasteiger partial charge on any atom is 0.231 e. The van der Waals surface area contributed by atoms with E-state index < -0.39 is 0 Å². The fourth-order valence-electron chi connectivity index (χ4n) is 3.11. The van der Waals surface area contributed by atoms with E-state index >= 15 is 0 Å². The Hall–Kier alpha value is -1.55. The van der Waals surface area contributed by atoms with Crippen LogP contribution in [0.4, 0.5) is 0 Å². The third kappa shape index (κ3) is 2.66. The van der Waals surface area contributed by atoms with Gasteiger partial charge in [0.15, 0.2) is 17.3 Å². The summed E-state index contributed by atoms with van der Waals surface area (Å²) in [6.07, 6.45) is 5.03. The van der Waals surface area contributed by atoms with Crippen LogP contribution in [0.1, 0.15) is 43.0 Å². The molecule has 0 N–H and O–H groups in total. The van der Waals surface area contributed by atoms with Crippen molar-refractivity contribution >= 4 is 5.78 Å². The average Bonchev–Trinajstić information content (AvgIpc) is 3.14. The minimum atomic E-state index is 0.164. The molecule has 1 fully saturated rings. The molecule has 1 aromatic rings. The molecule has 4 heteroatoms. The molecule has 0 amide bonds. The average molecular weight is 275 g/mol. The predicted molar refractivity (Wildman–Crippen MR) is 76.4 cm³/mol. The Morgan fingerprint density at radius 2 is 2.00 bits per heavy atom. The summed E-state index contributed by atoms with van der Waals surface area (Å²) >= 11 is 0. The number of carbonyl (C=O) groups excluding carboxylic acids is 1. The standard InChI is InChI=1S/C16H21NO3/c1-2-17(13-5-3-4-6-13)10-14(18)12-7-8-15-16(9-12)20-11-19-15/h7-9,13H,2-6,10-11H2,1H3. The quantitative estimate of drug-likeness (QED) is 0.775. The van der Waals surface area contributed by atoms with Crippen molar-refractivity contribution in [1.82, 2.24) is 4.90 Å². The van der Waals surface area contributed by atoms with Gasteiger partial charge in [-0.05, 0) is 37.6 Å². The number of hydrogen-bond donors (Lipinski definition) is 0. The molecule has 108 valence electrons. The molecule has 1 aliphatic carbocycles. The number of fused-ring (bicyclic) bond motifs is 1. The van der Waals surface area contributed by atoms with Gasteiger partial charge in [0.05, 0.1) is 6.54 Å². The van der Waals surface area contributed by atoms with Gasteiger partial charge in [-0.15, -0.1) is 0 Å². The molecule has 0 radical (unpaired) electrons. The van der Waals surface area contributed by atoms with E-state index in [2.05, 4.69) is 11.8 Å². The van der Waals surface area contributed by atoms with E-state index in [1.807, 2.05) is 12.1 Å². The normalized spacial score (nSPS) is 17.9. The van der Waals surface area contributed by atoms with Crippen LogP contribution in [0.15, 0.2) is 18.2 Å². The lowest BCUT2D eigenvalue weighted by molar-refractivity contribution is 0.0899. The molecule has 1 aliphatic heterocycles. The van der Waals surface area contributed by atoms with E-state index in [0.29, 0.717) is 23.9 Å². The van der Waals surface area contributed by atoms with Crippen LogP contribution in [0.3, 0.4) is 0 Å². The van der Waals surface area contributed by atoms with Crippen molar-refractivity contribution in [2.45, 2.75) is 38.6 Å². The van der Waals surface area contributed by atoms with E-state index in [0.717, 1.165) is 12.3 Å². The van der Waals surface area contributed by atoms with Crippen LogP contribution < -0.4 is 9.47 Å². The SMILES string of the molecule is CCN(CC(=O)c1ccc2c(c1)OCO2)C1CCCC1. The molecule has 0 bridgehead atoms. The van der Waals surface area contributed by atoms with Gasteiger partial charge in [0.1, 0.15) is 0 Å². The zero-order chi connectivity index (χ0) is 13.9. The molecule has 0 atom stereocenters. The number of rotatable bonds is 5. The Bertz CT molecular complexity index is 494. The minimum Gasteiger partial charge on any atom is -0.454 e. The summed E-state index contributed by atoms with van der Waals surface area (Å²) in [7, 11) is 0. The van der Waals surface area contributed by atoms with Gasteiger partial charge < -0.3 is 9.47 Å². The number of carbonyl (C=O) groups is 1. The van der Waals surface area contributed by atoms with Crippen LogP contribution in [-0.2, 0) is 0 Å². The fraction of sp³-hybridized carbons (Fsp3) is 0.562. The van der Waals surface area contributed by atoms with Crippen molar-refractivity contribution in [3.05, 3.63) is 23.8 Å². The molecule has 4 nitrogen and oxygen atoms in total. The highest BCUT2D eigenvalue weighted by Gasteiger charge is 2.24. The number of likely N-dealkylation sites (N-methyl/N-ethyl adjacent to an activating group) is 1. The van der Waals surface area contributed by atoms with Crippen LogP contribution in [0.2, 0.25) is 0 Å². The maximum absolute atomic E-state index is 12.4. The molecule has 1 aromatic carbocycles. The van der Waals surface area contributed by atoms with Crippen LogP contribution in [0.5, 0.6) is 11.5 Å². The second-order valence-corrected chi connectivity index (χ2v) is 5.49. The van der Waals surface area contributed by atoms with Gasteiger partial charge >= 0.3 is 0 Å². The number of nitrogens with zero attached hydrogens (tertiary/aromatic N) is 1. The van der Waals surface area contributed by atoms with E-state index in [1.54, 1.807) is 6.07 Å². The highest BCUT2D eigenvalue weighted by atomic mass is 16.7. The molecule has 0 unspecified atom stereocenters. The molecule has 0 aromatic heterocycles. The second kappa shape index (κ2) is 5.83. The lowest BCUT2D eigenvalue weighted by Crippen LogP contribution is -2.37. The zero-order valence-electron chi connectivity index (χ0n) is 11.9. The number of hydrogen-bond acceptors (Lipinski definition) is 4. The van der Waals surface area contributed by atoms with Crippen molar-refractivity contribution < 1.29 is 14.3 Å². The summed E-state index contributed by atoms with van der Waals surface area (Å²) < 4.78 is 10.6. The Kier molecular flexibility index (Phi) is 3.92. The Morgan fingerprint density at radius 3 is 2.75 bits per heavy atom. The number of ketones is 1. The van der Waals surface area contributed by atoms with Crippen molar-refractivity contribution in [2.24, 2.45) is 0 Å². The number of ether oxygens (including phenoxy) is 2. The highest BCUT2D eigenvalue weighted by molar-refractivity contribution is 5.98. The largest absolute Gasteiger partial charge is 0.454 e. The lowest BCUT2D eigenvalue weighted by Gasteiger charge is -2.26. The second-order valence-electron chi connectivity index (χ2n) is 5.49. The van der Waals surface area contributed by atoms with Gasteiger partial charge in [-0.1, -0.05) is 19.8 Å². The van der Waals surface area contributed by atoms with E-state index in [1.165, 1.54) is 25.7 Å². The smallest absolute Gasteiger partial charge is 0.231 e. The van der Waals surface area contributed by atoms with E-state index in [-0.39, 0.29) is 12.6 Å². The van der Waals surface area contributed by atoms with E-state index in [4.69, 9.17) is 9.47 Å². The van der Waals surface area contributed by atoms with Crippen molar-refractivity contribution in [3.63, 3.8) is 0 Å². The molecule has 2 aliphatic rings. The van der Waals surface area contributed by atoms with Crippen molar-refractivity contribution in [3.8, 4) is 11.5 Å². The molecule has 3 rings (SSSR count). The third-order valence-corrected chi connectivity index (χ3v) is 4.29. The summed E-state index contributed by atoms with van der Waals surface area (Å²) in [4.78, 5) is 14.7. The monoisotopic (exact) mass is 275 g/mol. The fourth-order valence-corrected chi connectivity index (χ4v) is 3.11. The molecule has 0 saturated heterocycles. The van der Waals surface area contributed by atoms with Gasteiger partial charge in [0, 0.05) is 11.6 Å². The van der Waals surface area contributed by atoms with E-state index in [9.17, 15) is 4.79 Å². The summed E-state index contributed by atoms with van der Waals surface area (Å²) in [5.41, 5.74) is 0.714. The Labute approximate surface area is 119 Å². The number of benzene rings is 1. The summed E-state index contributed by atoms with van der Waals surface area (Å²) in [5, 5.41) is 0. The topological polar surface area (TPSA) is 38.8 Å². The maximum atomic E-state index is 12.4. The molecular formula is C16H21NO3. The first-order valence-corrected chi connectivity index (χ1v) is 7.45. The zero-order valence-corrected chi connectivity index (χ0v) is 11.9. The van der Waals surface area contributed by atoms with Gasteiger partial charge in [0.2, 0.25) is 6.79 Å². The molecular weight excluding hydrogens is 254 g/mol. The molecule has 0 spiro atoms. The van der Waals surface area contributed by atoms with Gasteiger partial charge in [0.25, 0.3) is 0 Å². The molecule has 1 saturated carbocycles. The molecule has 20 heavy (non-hydrogen) atoms. The van der Waals surface area contributed by atoms with Crippen LogP contribution in [0.25, 0.3) is 0 Å². The predicted octanol–water partition coefficient (Wildman–Crippen LogP) is 2.86. The first-order valence-electron chi connectivity index (χ1n) is 7.45. The van der Waals surface area contributed by atoms with Crippen LogP contribution >= 0.6 is 0 Å². The summed E-state index contributed by atoms with van der Waals surface area (Å²) in [5.74, 6) is 1.57. The Morgan fingerprint density at radius 1 is 1.25 bits per heavy atom. The summed E-state index contributed by atoms with van der Waals surface area (Å²) in [6.45, 7) is 3.81. The van der Waals surface area contributed by atoms with Crippen molar-refractivity contribution in [2.75, 3.05) is 19.9 Å². The lowest BCUT2D eigenvalue weighted by atomic mass is 10.1.